The van der Waals surface area contributed by atoms with Crippen LogP contribution in [0.25, 0.3) is 0 Å². The number of rotatable bonds is 6. The van der Waals surface area contributed by atoms with E-state index in [2.05, 4.69) is 15.5 Å². The number of amides is 1. The molecule has 5 nitrogen and oxygen atoms in total. The van der Waals surface area contributed by atoms with Crippen LogP contribution in [0.3, 0.4) is 0 Å². The number of piperazine rings is 1. The molecule has 0 aromatic heterocycles. The Morgan fingerprint density at radius 3 is 2.90 bits per heavy atom. The van der Waals surface area contributed by atoms with Gasteiger partial charge in [-0.05, 0) is 18.2 Å². The number of nitrogens with one attached hydrogen (secondary N) is 2. The van der Waals surface area contributed by atoms with Crippen LogP contribution in [0.1, 0.15) is 0 Å². The topological polar surface area (TPSA) is 53.6 Å². The summed E-state index contributed by atoms with van der Waals surface area (Å²) in [6.07, 6.45) is 0. The second-order valence-corrected chi connectivity index (χ2v) is 5.21. The Morgan fingerprint density at radius 1 is 1.43 bits per heavy atom. The molecule has 2 rings (SSSR count). The zero-order chi connectivity index (χ0) is 15.1. The van der Waals surface area contributed by atoms with E-state index >= 15 is 0 Å². The van der Waals surface area contributed by atoms with Gasteiger partial charge in [0, 0.05) is 39.3 Å². The third-order valence-electron chi connectivity index (χ3n) is 3.21. The van der Waals surface area contributed by atoms with Crippen molar-refractivity contribution in [3.8, 4) is 5.75 Å². The van der Waals surface area contributed by atoms with Crippen LogP contribution in [0.5, 0.6) is 5.75 Å². The second-order valence-electron chi connectivity index (χ2n) is 4.81. The number of ether oxygens (including phenoxy) is 1. The maximum absolute atomic E-state index is 12.9. The van der Waals surface area contributed by atoms with Crippen LogP contribution < -0.4 is 15.4 Å². The van der Waals surface area contributed by atoms with Gasteiger partial charge >= 0.3 is 0 Å². The molecule has 116 valence electrons. The first-order chi connectivity index (χ1) is 10.1. The maximum Gasteiger partial charge on any atom is 0.257 e. The number of halogens is 2. The number of nitrogens with zero attached hydrogens (tertiary/aromatic N) is 1. The largest absolute Gasteiger partial charge is 0.482 e. The molecule has 1 aliphatic rings. The monoisotopic (exact) mass is 315 g/mol. The molecule has 1 aromatic carbocycles. The summed E-state index contributed by atoms with van der Waals surface area (Å²) < 4.78 is 18.1. The predicted octanol–water partition coefficient (Wildman–Crippen LogP) is 0.879. The minimum atomic E-state index is -0.437. The van der Waals surface area contributed by atoms with Crippen LogP contribution in [-0.2, 0) is 4.79 Å². The third kappa shape index (κ3) is 5.49. The van der Waals surface area contributed by atoms with Crippen molar-refractivity contribution in [1.29, 1.82) is 0 Å². The summed E-state index contributed by atoms with van der Waals surface area (Å²) in [5, 5.41) is 6.22. The summed E-state index contributed by atoms with van der Waals surface area (Å²) in [7, 11) is 0. The lowest BCUT2D eigenvalue weighted by Gasteiger charge is -2.27. The molecule has 1 saturated heterocycles. The second kappa shape index (κ2) is 8.17. The van der Waals surface area contributed by atoms with E-state index in [4.69, 9.17) is 16.3 Å². The lowest BCUT2D eigenvalue weighted by atomic mass is 10.3. The van der Waals surface area contributed by atoms with Gasteiger partial charge in [-0.1, -0.05) is 11.6 Å². The Hall–Kier alpha value is -1.37. The van der Waals surface area contributed by atoms with E-state index in [0.29, 0.717) is 12.3 Å². The summed E-state index contributed by atoms with van der Waals surface area (Å²) in [6.45, 7) is 5.24. The molecule has 0 spiro atoms. The molecule has 0 aliphatic carbocycles. The summed E-state index contributed by atoms with van der Waals surface area (Å²) >= 11 is 5.81. The summed E-state index contributed by atoms with van der Waals surface area (Å²) in [5.74, 6) is -0.353. The molecule has 0 unspecified atom stereocenters. The average molecular weight is 316 g/mol. The van der Waals surface area contributed by atoms with E-state index in [-0.39, 0.29) is 17.5 Å². The van der Waals surface area contributed by atoms with Gasteiger partial charge in [0.05, 0.1) is 5.02 Å². The molecule has 1 fully saturated rings. The summed E-state index contributed by atoms with van der Waals surface area (Å²) in [4.78, 5) is 13.9. The average Bonchev–Trinajstić information content (AvgIpc) is 2.47. The molecule has 21 heavy (non-hydrogen) atoms. The minimum absolute atomic E-state index is 0.132. The van der Waals surface area contributed by atoms with Gasteiger partial charge in [-0.25, -0.2) is 4.39 Å². The van der Waals surface area contributed by atoms with Gasteiger partial charge < -0.3 is 15.4 Å². The minimum Gasteiger partial charge on any atom is -0.482 e. The van der Waals surface area contributed by atoms with Crippen molar-refractivity contribution in [2.45, 2.75) is 0 Å². The number of carbonyl (C=O) groups excluding carboxylic acids is 1. The highest BCUT2D eigenvalue weighted by molar-refractivity contribution is 6.32. The van der Waals surface area contributed by atoms with E-state index in [1.807, 2.05) is 0 Å². The standard InChI is InChI=1S/C14H19ClFN3O2/c15-12-9-11(16)1-2-13(12)21-10-14(20)18-5-8-19-6-3-17-4-7-19/h1-2,9,17H,3-8,10H2,(H,18,20). The highest BCUT2D eigenvalue weighted by Gasteiger charge is 2.10. The van der Waals surface area contributed by atoms with Crippen molar-refractivity contribution < 1.29 is 13.9 Å². The molecule has 0 bridgehead atoms. The summed E-state index contributed by atoms with van der Waals surface area (Å²) in [6, 6.07) is 3.80. The fourth-order valence-electron chi connectivity index (χ4n) is 2.07. The molecule has 0 saturated carbocycles. The summed E-state index contributed by atoms with van der Waals surface area (Å²) in [5.41, 5.74) is 0. The maximum atomic E-state index is 12.9. The van der Waals surface area contributed by atoms with Crippen molar-refractivity contribution in [2.24, 2.45) is 0 Å². The Balaban J connectivity index is 1.65. The van der Waals surface area contributed by atoms with Crippen LogP contribution in [0.2, 0.25) is 5.02 Å². The van der Waals surface area contributed by atoms with Crippen molar-refractivity contribution in [3.63, 3.8) is 0 Å². The third-order valence-corrected chi connectivity index (χ3v) is 3.51. The fourth-order valence-corrected chi connectivity index (χ4v) is 2.30. The Kier molecular flexibility index (Phi) is 6.22. The molecule has 2 N–H and O–H groups in total. The van der Waals surface area contributed by atoms with Gasteiger partial charge in [-0.3, -0.25) is 9.69 Å². The van der Waals surface area contributed by atoms with Gasteiger partial charge in [0.15, 0.2) is 6.61 Å². The highest BCUT2D eigenvalue weighted by Crippen LogP contribution is 2.24. The van der Waals surface area contributed by atoms with Crippen LogP contribution in [0.4, 0.5) is 4.39 Å². The Bertz CT molecular complexity index is 481. The lowest BCUT2D eigenvalue weighted by molar-refractivity contribution is -0.123. The normalized spacial score (nSPS) is 15.7. The van der Waals surface area contributed by atoms with Crippen molar-refractivity contribution in [3.05, 3.63) is 29.0 Å². The van der Waals surface area contributed by atoms with Crippen molar-refractivity contribution >= 4 is 17.5 Å². The Morgan fingerprint density at radius 2 is 2.19 bits per heavy atom. The van der Waals surface area contributed by atoms with Crippen molar-refractivity contribution in [1.82, 2.24) is 15.5 Å². The van der Waals surface area contributed by atoms with E-state index < -0.39 is 5.82 Å². The molecule has 1 heterocycles. The van der Waals surface area contributed by atoms with Crippen LogP contribution >= 0.6 is 11.6 Å². The first-order valence-electron chi connectivity index (χ1n) is 6.93. The van der Waals surface area contributed by atoms with E-state index in [9.17, 15) is 9.18 Å². The van der Waals surface area contributed by atoms with E-state index in [1.165, 1.54) is 12.1 Å². The SMILES string of the molecule is O=C(COc1ccc(F)cc1Cl)NCCN1CCNCC1. The van der Waals surface area contributed by atoms with Gasteiger partial charge in [0.2, 0.25) is 0 Å². The van der Waals surface area contributed by atoms with Gasteiger partial charge in [-0.15, -0.1) is 0 Å². The molecule has 1 aliphatic heterocycles. The molecule has 0 radical (unpaired) electrons. The smallest absolute Gasteiger partial charge is 0.257 e. The van der Waals surface area contributed by atoms with Crippen LogP contribution in [0, 0.1) is 5.82 Å². The first-order valence-corrected chi connectivity index (χ1v) is 7.30. The van der Waals surface area contributed by atoms with E-state index in [1.54, 1.807) is 0 Å². The van der Waals surface area contributed by atoms with Gasteiger partial charge in [-0.2, -0.15) is 0 Å². The predicted molar refractivity (Wildman–Crippen MR) is 79.2 cm³/mol. The molecule has 1 aromatic rings. The van der Waals surface area contributed by atoms with Crippen molar-refractivity contribution in [2.75, 3.05) is 45.9 Å². The highest BCUT2D eigenvalue weighted by atomic mass is 35.5. The lowest BCUT2D eigenvalue weighted by Crippen LogP contribution is -2.46. The Labute approximate surface area is 128 Å². The molecular weight excluding hydrogens is 297 g/mol. The van der Waals surface area contributed by atoms with E-state index in [0.717, 1.165) is 38.8 Å². The van der Waals surface area contributed by atoms with Gasteiger partial charge in [0.1, 0.15) is 11.6 Å². The molecule has 7 heteroatoms. The number of carbonyl (C=O) groups is 1. The van der Waals surface area contributed by atoms with Gasteiger partial charge in [0.25, 0.3) is 5.91 Å². The van der Waals surface area contributed by atoms with Crippen LogP contribution in [-0.4, -0.2) is 56.7 Å². The number of hydrogen-bond acceptors (Lipinski definition) is 4. The van der Waals surface area contributed by atoms with Crippen LogP contribution in [0.15, 0.2) is 18.2 Å². The quantitative estimate of drug-likeness (QED) is 0.818. The zero-order valence-corrected chi connectivity index (χ0v) is 12.5. The number of benzene rings is 1. The zero-order valence-electron chi connectivity index (χ0n) is 11.7. The molecule has 0 atom stereocenters. The molecule has 1 amide bonds. The first kappa shape index (κ1) is 16.0. The molecular formula is C14H19ClFN3O2. The number of hydrogen-bond donors (Lipinski definition) is 2. The fraction of sp³-hybridized carbons (Fsp3) is 0.500.